The highest BCUT2D eigenvalue weighted by molar-refractivity contribution is 6.02. The fourth-order valence-corrected chi connectivity index (χ4v) is 3.30. The molecule has 0 saturated heterocycles. The molecule has 1 aliphatic carbocycles. The molecule has 0 heterocycles. The van der Waals surface area contributed by atoms with E-state index >= 15 is 0 Å². The maximum atomic E-state index is 4.56. The quantitative estimate of drug-likeness (QED) is 0.696. The van der Waals surface area contributed by atoms with Gasteiger partial charge in [0.2, 0.25) is 0 Å². The number of hydrogen-bond acceptors (Lipinski definition) is 2. The van der Waals surface area contributed by atoms with Gasteiger partial charge in [-0.05, 0) is 48.6 Å². The topological polar surface area (TPSA) is 24.4 Å². The van der Waals surface area contributed by atoms with Crippen LogP contribution in [-0.2, 0) is 0 Å². The van der Waals surface area contributed by atoms with E-state index in [2.05, 4.69) is 62.3 Å². The van der Waals surface area contributed by atoms with Crippen LogP contribution >= 0.6 is 0 Å². The van der Waals surface area contributed by atoms with Crippen LogP contribution in [0.3, 0.4) is 0 Å². The van der Waals surface area contributed by atoms with Gasteiger partial charge >= 0.3 is 0 Å². The van der Waals surface area contributed by atoms with Crippen molar-refractivity contribution in [2.75, 3.05) is 12.4 Å². The van der Waals surface area contributed by atoms with Crippen LogP contribution in [0.15, 0.2) is 35.0 Å². The van der Waals surface area contributed by atoms with Crippen LogP contribution in [-0.4, -0.2) is 12.8 Å². The van der Waals surface area contributed by atoms with Crippen LogP contribution in [0.2, 0.25) is 0 Å². The molecule has 1 aliphatic rings. The second-order valence-electron chi connectivity index (χ2n) is 7.13. The highest BCUT2D eigenvalue weighted by atomic mass is 14.9. The van der Waals surface area contributed by atoms with Crippen LogP contribution in [0.1, 0.15) is 82.8 Å². The molecule has 0 unspecified atom stereocenters. The lowest BCUT2D eigenvalue weighted by Crippen LogP contribution is -2.16. The van der Waals surface area contributed by atoms with Crippen molar-refractivity contribution in [2.24, 2.45) is 4.99 Å². The largest absolute Gasteiger partial charge is 0.354 e. The average Bonchev–Trinajstić information content (AvgIpc) is 2.50. The third-order valence-electron chi connectivity index (χ3n) is 4.68. The van der Waals surface area contributed by atoms with Gasteiger partial charge in [-0.1, -0.05) is 58.4 Å². The van der Waals surface area contributed by atoms with E-state index in [-0.39, 0.29) is 0 Å². The van der Waals surface area contributed by atoms with Crippen molar-refractivity contribution in [3.63, 3.8) is 0 Å². The van der Waals surface area contributed by atoms with Gasteiger partial charge in [0.1, 0.15) is 0 Å². The summed E-state index contributed by atoms with van der Waals surface area (Å²) in [7, 11) is 1.92. The second-order valence-corrected chi connectivity index (χ2v) is 7.13. The van der Waals surface area contributed by atoms with Gasteiger partial charge in [0.25, 0.3) is 0 Å². The van der Waals surface area contributed by atoms with Crippen molar-refractivity contribution in [1.29, 1.82) is 0 Å². The molecule has 2 heteroatoms. The summed E-state index contributed by atoms with van der Waals surface area (Å²) in [4.78, 5) is 4.56. The highest BCUT2D eigenvalue weighted by Crippen LogP contribution is 2.34. The van der Waals surface area contributed by atoms with Crippen LogP contribution in [0.5, 0.6) is 0 Å². The molecule has 1 N–H and O–H groups in total. The van der Waals surface area contributed by atoms with E-state index in [1.807, 2.05) is 7.05 Å². The average molecular weight is 313 g/mol. The lowest BCUT2D eigenvalue weighted by molar-refractivity contribution is 0.697. The van der Waals surface area contributed by atoms with E-state index in [0.717, 1.165) is 12.8 Å². The van der Waals surface area contributed by atoms with Gasteiger partial charge in [-0.2, -0.15) is 0 Å². The molecular formula is C21H32N2. The molecule has 0 fully saturated rings. The minimum Gasteiger partial charge on any atom is -0.354 e. The van der Waals surface area contributed by atoms with Crippen molar-refractivity contribution in [1.82, 2.24) is 0 Å². The summed E-state index contributed by atoms with van der Waals surface area (Å²) in [5.41, 5.74) is 6.54. The molecule has 0 spiro atoms. The summed E-state index contributed by atoms with van der Waals surface area (Å²) in [5, 5.41) is 3.78. The molecule has 0 aromatic heterocycles. The summed E-state index contributed by atoms with van der Waals surface area (Å²) >= 11 is 0. The Balaban J connectivity index is 2.44. The first-order valence-electron chi connectivity index (χ1n) is 9.10. The molecule has 1 aromatic rings. The number of nitrogens with one attached hydrogen (secondary N) is 1. The minimum absolute atomic E-state index is 0.507. The standard InChI is InChI=1S/C21H32N2/c1-15(2)17-11-10-12-18(16(3)4)21(17)23-20-14-9-7-6-8-13-19(20)22-5/h10-12,14-16,23H,6-9,13H2,1-5H3/b20-14+,22-19?. The van der Waals surface area contributed by atoms with Gasteiger partial charge in [-0.3, -0.25) is 4.99 Å². The lowest BCUT2D eigenvalue weighted by Gasteiger charge is -2.24. The lowest BCUT2D eigenvalue weighted by atomic mass is 9.92. The van der Waals surface area contributed by atoms with Crippen molar-refractivity contribution in [3.8, 4) is 0 Å². The van der Waals surface area contributed by atoms with Crippen molar-refractivity contribution < 1.29 is 0 Å². The molecule has 0 atom stereocenters. The smallest absolute Gasteiger partial charge is 0.0576 e. The first kappa shape index (κ1) is 17.8. The Labute approximate surface area is 142 Å². The number of allylic oxidation sites excluding steroid dienone is 2. The molecule has 126 valence electrons. The predicted octanol–water partition coefficient (Wildman–Crippen LogP) is 6.26. The molecule has 0 bridgehead atoms. The zero-order valence-corrected chi connectivity index (χ0v) is 15.4. The molecule has 2 rings (SSSR count). The van der Waals surface area contributed by atoms with Crippen molar-refractivity contribution in [2.45, 2.75) is 71.6 Å². The van der Waals surface area contributed by atoms with Crippen molar-refractivity contribution >= 4 is 11.4 Å². The summed E-state index contributed by atoms with van der Waals surface area (Å²) in [6.07, 6.45) is 8.41. The number of anilines is 1. The zero-order chi connectivity index (χ0) is 16.8. The maximum absolute atomic E-state index is 4.56. The summed E-state index contributed by atoms with van der Waals surface area (Å²) < 4.78 is 0. The Kier molecular flexibility index (Phi) is 6.44. The maximum Gasteiger partial charge on any atom is 0.0576 e. The number of benzene rings is 1. The Morgan fingerprint density at radius 1 is 0.957 bits per heavy atom. The van der Waals surface area contributed by atoms with Crippen LogP contribution in [0.25, 0.3) is 0 Å². The Morgan fingerprint density at radius 3 is 2.17 bits per heavy atom. The van der Waals surface area contributed by atoms with Crippen LogP contribution in [0, 0.1) is 0 Å². The minimum atomic E-state index is 0.507. The third-order valence-corrected chi connectivity index (χ3v) is 4.68. The Hall–Kier alpha value is -1.57. The summed E-state index contributed by atoms with van der Waals surface area (Å²) in [6, 6.07) is 6.70. The van der Waals surface area contributed by atoms with Crippen LogP contribution < -0.4 is 5.32 Å². The second kappa shape index (κ2) is 8.33. The molecule has 2 nitrogen and oxygen atoms in total. The fraction of sp³-hybridized carbons (Fsp3) is 0.571. The van der Waals surface area contributed by atoms with E-state index in [4.69, 9.17) is 0 Å². The first-order valence-corrected chi connectivity index (χ1v) is 9.10. The van der Waals surface area contributed by atoms with Gasteiger partial charge in [-0.25, -0.2) is 0 Å². The first-order chi connectivity index (χ1) is 11.0. The summed E-state index contributed by atoms with van der Waals surface area (Å²) in [6.45, 7) is 9.08. The normalized spacial score (nSPS) is 20.3. The van der Waals surface area contributed by atoms with Crippen LogP contribution in [0.4, 0.5) is 5.69 Å². The molecule has 0 aliphatic heterocycles. The monoisotopic (exact) mass is 312 g/mol. The molecule has 0 saturated carbocycles. The molecule has 0 radical (unpaired) electrons. The SMILES string of the molecule is CN=C1CCCCC/C=C\1Nc1c(C(C)C)cccc1C(C)C. The number of aliphatic imine (C=N–C) groups is 1. The zero-order valence-electron chi connectivity index (χ0n) is 15.4. The Bertz CT molecular complexity index is 553. The van der Waals surface area contributed by atoms with E-state index < -0.39 is 0 Å². The fourth-order valence-electron chi connectivity index (χ4n) is 3.30. The number of hydrogen-bond donors (Lipinski definition) is 1. The number of rotatable bonds is 4. The molecule has 1 aromatic carbocycles. The number of nitrogens with zero attached hydrogens (tertiary/aromatic N) is 1. The predicted molar refractivity (Wildman–Crippen MR) is 103 cm³/mol. The van der Waals surface area contributed by atoms with Gasteiger partial charge < -0.3 is 5.32 Å². The molecule has 0 amide bonds. The molecular weight excluding hydrogens is 280 g/mol. The third kappa shape index (κ3) is 4.46. The summed E-state index contributed by atoms with van der Waals surface area (Å²) in [5.74, 6) is 1.01. The van der Waals surface area contributed by atoms with E-state index in [9.17, 15) is 0 Å². The van der Waals surface area contributed by atoms with E-state index in [1.54, 1.807) is 0 Å². The van der Waals surface area contributed by atoms with E-state index in [0.29, 0.717) is 11.8 Å². The van der Waals surface area contributed by atoms with Gasteiger partial charge in [0.15, 0.2) is 0 Å². The van der Waals surface area contributed by atoms with Gasteiger partial charge in [0, 0.05) is 12.7 Å². The van der Waals surface area contributed by atoms with Gasteiger partial charge in [0.05, 0.1) is 11.4 Å². The highest BCUT2D eigenvalue weighted by Gasteiger charge is 2.17. The van der Waals surface area contributed by atoms with Crippen molar-refractivity contribution in [3.05, 3.63) is 41.1 Å². The molecule has 23 heavy (non-hydrogen) atoms. The number of para-hydroxylation sites is 1. The van der Waals surface area contributed by atoms with E-state index in [1.165, 1.54) is 47.5 Å². The van der Waals surface area contributed by atoms with Gasteiger partial charge in [-0.15, -0.1) is 0 Å². The Morgan fingerprint density at radius 2 is 1.61 bits per heavy atom.